The average molecular weight is 416 g/mol. The van der Waals surface area contributed by atoms with Gasteiger partial charge >= 0.3 is 5.97 Å². The smallest absolute Gasteiger partial charge is 0.312 e. The van der Waals surface area contributed by atoms with Gasteiger partial charge < -0.3 is 24.5 Å². The Morgan fingerprint density at radius 3 is 2.39 bits per heavy atom. The molecule has 0 fully saturated rings. The van der Waals surface area contributed by atoms with Crippen LogP contribution >= 0.6 is 0 Å². The number of hydrogen-bond donors (Lipinski definition) is 3. The van der Waals surface area contributed by atoms with Crippen LogP contribution in [0.4, 0.5) is 0 Å². The van der Waals surface area contributed by atoms with Crippen LogP contribution in [0.1, 0.15) is 23.5 Å². The molecule has 0 unspecified atom stereocenters. The van der Waals surface area contributed by atoms with Gasteiger partial charge in [-0.25, -0.2) is 0 Å². The Kier molecular flexibility index (Phi) is 4.18. The van der Waals surface area contributed by atoms with Crippen molar-refractivity contribution in [3.05, 3.63) is 82.0 Å². The molecule has 1 atom stereocenters. The van der Waals surface area contributed by atoms with Crippen molar-refractivity contribution in [2.24, 2.45) is 0 Å². The highest BCUT2D eigenvalue weighted by Crippen LogP contribution is 2.52. The van der Waals surface area contributed by atoms with Gasteiger partial charge in [0.05, 0.1) is 12.0 Å². The standard InChI is InChI=1S/C24H16O7/c25-14-8-4-7-13(9-14)15-10-18(27)31-24-19(15)23-20(21(28)22(24)29)16(26)11-17(30-23)12-5-2-1-3-6-12/h1-9,11,15,25,28-29H,10H2/t15-/m1/s1. The van der Waals surface area contributed by atoms with Crippen LogP contribution in [0.3, 0.4) is 0 Å². The van der Waals surface area contributed by atoms with Crippen molar-refractivity contribution in [3.8, 4) is 34.3 Å². The van der Waals surface area contributed by atoms with E-state index in [0.29, 0.717) is 11.1 Å². The largest absolute Gasteiger partial charge is 0.508 e. The number of phenolic OH excluding ortho intramolecular Hbond substituents is 3. The van der Waals surface area contributed by atoms with Crippen molar-refractivity contribution in [2.45, 2.75) is 12.3 Å². The first-order valence-corrected chi connectivity index (χ1v) is 9.54. The van der Waals surface area contributed by atoms with E-state index in [1.807, 2.05) is 6.07 Å². The molecule has 0 spiro atoms. The zero-order chi connectivity index (χ0) is 21.7. The predicted octanol–water partition coefficient (Wildman–Crippen LogP) is 4.02. The van der Waals surface area contributed by atoms with Gasteiger partial charge in [-0.3, -0.25) is 9.59 Å². The molecule has 1 aliphatic heterocycles. The molecular weight excluding hydrogens is 400 g/mol. The molecular formula is C24H16O7. The quantitative estimate of drug-likeness (QED) is 0.257. The first-order valence-electron chi connectivity index (χ1n) is 9.54. The maximum atomic E-state index is 12.9. The second kappa shape index (κ2) is 6.91. The summed E-state index contributed by atoms with van der Waals surface area (Å²) >= 11 is 0. The summed E-state index contributed by atoms with van der Waals surface area (Å²) in [5, 5.41) is 30.8. The Hall–Kier alpha value is -4.26. The zero-order valence-electron chi connectivity index (χ0n) is 16.0. The summed E-state index contributed by atoms with van der Waals surface area (Å²) in [5.41, 5.74) is 0.923. The highest BCUT2D eigenvalue weighted by molar-refractivity contribution is 5.96. The maximum absolute atomic E-state index is 12.9. The van der Waals surface area contributed by atoms with Crippen LogP contribution in [0.5, 0.6) is 23.0 Å². The van der Waals surface area contributed by atoms with Crippen LogP contribution in [0.2, 0.25) is 0 Å². The van der Waals surface area contributed by atoms with Crippen LogP contribution in [-0.4, -0.2) is 21.3 Å². The van der Waals surface area contributed by atoms with Crippen molar-refractivity contribution in [2.75, 3.05) is 0 Å². The molecule has 1 aromatic heterocycles. The van der Waals surface area contributed by atoms with Gasteiger partial charge in [0, 0.05) is 17.5 Å². The fraction of sp³-hybridized carbons (Fsp3) is 0.0833. The fourth-order valence-corrected chi connectivity index (χ4v) is 3.98. The minimum atomic E-state index is -0.716. The molecule has 7 nitrogen and oxygen atoms in total. The Balaban J connectivity index is 1.88. The number of carbonyl (C=O) groups is 1. The highest BCUT2D eigenvalue weighted by atomic mass is 16.5. The fourth-order valence-electron chi connectivity index (χ4n) is 3.98. The average Bonchev–Trinajstić information content (AvgIpc) is 2.77. The molecule has 7 heteroatoms. The van der Waals surface area contributed by atoms with Gasteiger partial charge in [-0.05, 0) is 17.7 Å². The number of phenols is 3. The van der Waals surface area contributed by atoms with Crippen molar-refractivity contribution < 1.29 is 29.3 Å². The molecule has 31 heavy (non-hydrogen) atoms. The second-order valence-corrected chi connectivity index (χ2v) is 7.31. The summed E-state index contributed by atoms with van der Waals surface area (Å²) in [6.07, 6.45) is -0.102. The van der Waals surface area contributed by atoms with E-state index < -0.39 is 28.8 Å². The van der Waals surface area contributed by atoms with E-state index in [9.17, 15) is 24.9 Å². The maximum Gasteiger partial charge on any atom is 0.312 e. The number of aromatic hydroxyl groups is 3. The lowest BCUT2D eigenvalue weighted by molar-refractivity contribution is -0.135. The molecule has 3 aromatic carbocycles. The van der Waals surface area contributed by atoms with E-state index in [-0.39, 0.29) is 40.2 Å². The van der Waals surface area contributed by atoms with E-state index in [4.69, 9.17) is 9.15 Å². The molecule has 0 saturated carbocycles. The number of ether oxygens (including phenoxy) is 1. The normalized spacial score (nSPS) is 15.5. The van der Waals surface area contributed by atoms with Gasteiger partial charge in [-0.1, -0.05) is 42.5 Å². The monoisotopic (exact) mass is 416 g/mol. The third kappa shape index (κ3) is 2.98. The van der Waals surface area contributed by atoms with Crippen molar-refractivity contribution in [1.29, 1.82) is 0 Å². The van der Waals surface area contributed by atoms with E-state index in [1.54, 1.807) is 36.4 Å². The summed E-state index contributed by atoms with van der Waals surface area (Å²) in [4.78, 5) is 25.2. The van der Waals surface area contributed by atoms with Crippen molar-refractivity contribution >= 4 is 16.9 Å². The SMILES string of the molecule is O=C1C[C@H](c2cccc(O)c2)c2c(c(O)c(O)c3c(=O)cc(-c4ccccc4)oc23)O1. The molecule has 1 aliphatic rings. The Bertz CT molecular complexity index is 1400. The molecule has 0 amide bonds. The third-order valence-corrected chi connectivity index (χ3v) is 5.38. The van der Waals surface area contributed by atoms with Crippen LogP contribution in [0.15, 0.2) is 69.9 Å². The van der Waals surface area contributed by atoms with Crippen LogP contribution in [-0.2, 0) is 4.79 Å². The first kappa shape index (κ1) is 18.7. The molecule has 0 saturated heterocycles. The van der Waals surface area contributed by atoms with Gasteiger partial charge in [0.1, 0.15) is 22.5 Å². The van der Waals surface area contributed by atoms with Crippen LogP contribution in [0, 0.1) is 0 Å². The lowest BCUT2D eigenvalue weighted by Crippen LogP contribution is -2.22. The van der Waals surface area contributed by atoms with Crippen molar-refractivity contribution in [3.63, 3.8) is 0 Å². The number of esters is 1. The number of benzene rings is 3. The van der Waals surface area contributed by atoms with Crippen LogP contribution in [0.25, 0.3) is 22.3 Å². The summed E-state index contributed by atoms with van der Waals surface area (Å²) in [5.74, 6) is -2.73. The second-order valence-electron chi connectivity index (χ2n) is 7.31. The van der Waals surface area contributed by atoms with Crippen LogP contribution < -0.4 is 10.2 Å². The van der Waals surface area contributed by atoms with E-state index in [0.717, 1.165) is 0 Å². The number of fused-ring (bicyclic) bond motifs is 3. The molecule has 0 bridgehead atoms. The van der Waals surface area contributed by atoms with E-state index >= 15 is 0 Å². The molecule has 0 aliphatic carbocycles. The van der Waals surface area contributed by atoms with E-state index in [2.05, 4.69) is 0 Å². The Morgan fingerprint density at radius 2 is 1.65 bits per heavy atom. The zero-order valence-corrected chi connectivity index (χ0v) is 16.0. The molecule has 4 aromatic rings. The number of hydrogen-bond acceptors (Lipinski definition) is 7. The van der Waals surface area contributed by atoms with Gasteiger partial charge in [0.15, 0.2) is 16.9 Å². The lowest BCUT2D eigenvalue weighted by Gasteiger charge is -2.26. The van der Waals surface area contributed by atoms with Gasteiger partial charge in [0.25, 0.3) is 0 Å². The third-order valence-electron chi connectivity index (χ3n) is 5.38. The predicted molar refractivity (Wildman–Crippen MR) is 111 cm³/mol. The summed E-state index contributed by atoms with van der Waals surface area (Å²) < 4.78 is 11.3. The summed E-state index contributed by atoms with van der Waals surface area (Å²) in [6, 6.07) is 16.5. The number of rotatable bonds is 2. The molecule has 0 radical (unpaired) electrons. The first-order chi connectivity index (χ1) is 14.9. The summed E-state index contributed by atoms with van der Waals surface area (Å²) in [6.45, 7) is 0. The topological polar surface area (TPSA) is 117 Å². The van der Waals surface area contributed by atoms with Gasteiger partial charge in [-0.2, -0.15) is 0 Å². The molecule has 2 heterocycles. The molecule has 3 N–H and O–H groups in total. The lowest BCUT2D eigenvalue weighted by atomic mass is 9.84. The highest BCUT2D eigenvalue weighted by Gasteiger charge is 2.36. The number of carbonyl (C=O) groups excluding carboxylic acids is 1. The Morgan fingerprint density at radius 1 is 0.871 bits per heavy atom. The molecule has 5 rings (SSSR count). The summed E-state index contributed by atoms with van der Waals surface area (Å²) in [7, 11) is 0. The minimum absolute atomic E-state index is 0.00303. The molecule has 154 valence electrons. The Labute approximate surface area is 175 Å². The minimum Gasteiger partial charge on any atom is -0.508 e. The van der Waals surface area contributed by atoms with Gasteiger partial charge in [-0.15, -0.1) is 0 Å². The van der Waals surface area contributed by atoms with E-state index in [1.165, 1.54) is 18.2 Å². The van der Waals surface area contributed by atoms with Gasteiger partial charge in [0.2, 0.25) is 5.75 Å². The van der Waals surface area contributed by atoms with Crippen molar-refractivity contribution in [1.82, 2.24) is 0 Å².